The van der Waals surface area contributed by atoms with Crippen LogP contribution < -0.4 is 5.73 Å². The van der Waals surface area contributed by atoms with Crippen molar-refractivity contribution in [3.8, 4) is 5.75 Å². The summed E-state index contributed by atoms with van der Waals surface area (Å²) in [5.41, 5.74) is 8.33. The highest BCUT2D eigenvalue weighted by molar-refractivity contribution is 9.10. The van der Waals surface area contributed by atoms with E-state index in [1.807, 2.05) is 13.0 Å². The molecule has 1 aromatic rings. The number of phenols is 1. The smallest absolute Gasteiger partial charge is 0.130 e. The zero-order valence-corrected chi connectivity index (χ0v) is 9.76. The van der Waals surface area contributed by atoms with Gasteiger partial charge in [-0.3, -0.25) is 0 Å². The second-order valence-electron chi connectivity index (χ2n) is 4.13. The van der Waals surface area contributed by atoms with E-state index in [4.69, 9.17) is 5.73 Å². The second-order valence-corrected chi connectivity index (χ2v) is 4.98. The lowest BCUT2D eigenvalue weighted by Gasteiger charge is -2.39. The normalized spacial score (nSPS) is 19.1. The molecule has 1 aromatic carbocycles. The van der Waals surface area contributed by atoms with Gasteiger partial charge >= 0.3 is 0 Å². The maximum absolute atomic E-state index is 9.49. The first kappa shape index (κ1) is 9.99. The number of halogens is 1. The SMILES string of the molecule is Cc1cc(O)c(Br)cc1C1(N)CCC1. The van der Waals surface area contributed by atoms with Gasteiger partial charge in [0, 0.05) is 5.54 Å². The number of benzene rings is 1. The molecule has 1 fully saturated rings. The van der Waals surface area contributed by atoms with E-state index in [1.54, 1.807) is 6.07 Å². The van der Waals surface area contributed by atoms with Crippen LogP contribution in [0.1, 0.15) is 30.4 Å². The van der Waals surface area contributed by atoms with Gasteiger partial charge in [0.05, 0.1) is 4.47 Å². The van der Waals surface area contributed by atoms with Crippen molar-refractivity contribution >= 4 is 15.9 Å². The molecule has 0 saturated heterocycles. The summed E-state index contributed by atoms with van der Waals surface area (Å²) >= 11 is 3.32. The monoisotopic (exact) mass is 255 g/mol. The third kappa shape index (κ3) is 1.44. The van der Waals surface area contributed by atoms with Crippen molar-refractivity contribution in [1.29, 1.82) is 0 Å². The van der Waals surface area contributed by atoms with Crippen molar-refractivity contribution in [1.82, 2.24) is 0 Å². The Kier molecular flexibility index (Phi) is 2.32. The fourth-order valence-corrected chi connectivity index (χ4v) is 2.37. The Labute approximate surface area is 92.3 Å². The summed E-state index contributed by atoms with van der Waals surface area (Å²) < 4.78 is 0.731. The van der Waals surface area contributed by atoms with Crippen LogP contribution in [0.25, 0.3) is 0 Å². The maximum atomic E-state index is 9.49. The van der Waals surface area contributed by atoms with E-state index < -0.39 is 0 Å². The van der Waals surface area contributed by atoms with Gasteiger partial charge in [-0.15, -0.1) is 0 Å². The van der Waals surface area contributed by atoms with Gasteiger partial charge in [0.25, 0.3) is 0 Å². The summed E-state index contributed by atoms with van der Waals surface area (Å²) in [6.07, 6.45) is 3.30. The van der Waals surface area contributed by atoms with E-state index in [-0.39, 0.29) is 11.3 Å². The molecule has 3 N–H and O–H groups in total. The number of nitrogens with two attached hydrogens (primary N) is 1. The van der Waals surface area contributed by atoms with Crippen LogP contribution in [0.3, 0.4) is 0 Å². The van der Waals surface area contributed by atoms with E-state index in [1.165, 1.54) is 6.42 Å². The summed E-state index contributed by atoms with van der Waals surface area (Å²) in [7, 11) is 0. The molecule has 0 unspecified atom stereocenters. The minimum Gasteiger partial charge on any atom is -0.507 e. The summed E-state index contributed by atoms with van der Waals surface area (Å²) in [5, 5.41) is 9.49. The number of phenolic OH excluding ortho intramolecular Hbond substituents is 1. The molecule has 0 radical (unpaired) electrons. The van der Waals surface area contributed by atoms with Crippen LogP contribution in [0.2, 0.25) is 0 Å². The summed E-state index contributed by atoms with van der Waals surface area (Å²) in [6.45, 7) is 1.99. The van der Waals surface area contributed by atoms with Crippen molar-refractivity contribution in [3.63, 3.8) is 0 Å². The van der Waals surface area contributed by atoms with Crippen molar-refractivity contribution in [2.24, 2.45) is 5.73 Å². The first-order chi connectivity index (χ1) is 6.53. The number of rotatable bonds is 1. The number of aryl methyl sites for hydroxylation is 1. The van der Waals surface area contributed by atoms with Crippen molar-refractivity contribution < 1.29 is 5.11 Å². The zero-order chi connectivity index (χ0) is 10.3. The number of hydrogen-bond donors (Lipinski definition) is 2. The summed E-state index contributed by atoms with van der Waals surface area (Å²) in [4.78, 5) is 0. The van der Waals surface area contributed by atoms with Gasteiger partial charge in [-0.25, -0.2) is 0 Å². The van der Waals surface area contributed by atoms with Crippen LogP contribution >= 0.6 is 15.9 Å². The Balaban J connectivity index is 2.48. The first-order valence-electron chi connectivity index (χ1n) is 4.81. The van der Waals surface area contributed by atoms with Gasteiger partial charge < -0.3 is 10.8 Å². The average molecular weight is 256 g/mol. The van der Waals surface area contributed by atoms with E-state index >= 15 is 0 Å². The van der Waals surface area contributed by atoms with E-state index in [2.05, 4.69) is 15.9 Å². The molecule has 3 heteroatoms. The highest BCUT2D eigenvalue weighted by Crippen LogP contribution is 2.42. The Hall–Kier alpha value is -0.540. The lowest BCUT2D eigenvalue weighted by molar-refractivity contribution is 0.252. The topological polar surface area (TPSA) is 46.2 Å². The molecule has 0 spiro atoms. The summed E-state index contributed by atoms with van der Waals surface area (Å²) in [5.74, 6) is 0.286. The van der Waals surface area contributed by atoms with Gasteiger partial charge in [0.2, 0.25) is 0 Å². The predicted molar refractivity (Wildman–Crippen MR) is 60.3 cm³/mol. The molecule has 0 aromatic heterocycles. The molecular weight excluding hydrogens is 242 g/mol. The van der Waals surface area contributed by atoms with Gasteiger partial charge in [-0.1, -0.05) is 0 Å². The maximum Gasteiger partial charge on any atom is 0.130 e. The largest absolute Gasteiger partial charge is 0.507 e. The molecule has 76 valence electrons. The minimum absolute atomic E-state index is 0.152. The zero-order valence-electron chi connectivity index (χ0n) is 8.18. The third-order valence-corrected chi connectivity index (χ3v) is 3.71. The molecule has 0 aliphatic heterocycles. The molecule has 0 bridgehead atoms. The van der Waals surface area contributed by atoms with Crippen LogP contribution in [-0.4, -0.2) is 5.11 Å². The Morgan fingerprint density at radius 1 is 1.43 bits per heavy atom. The minimum atomic E-state index is -0.152. The second kappa shape index (κ2) is 3.24. The van der Waals surface area contributed by atoms with Crippen LogP contribution in [0.5, 0.6) is 5.75 Å². The highest BCUT2D eigenvalue weighted by Gasteiger charge is 2.35. The quantitative estimate of drug-likeness (QED) is 0.811. The van der Waals surface area contributed by atoms with E-state index in [0.717, 1.165) is 28.4 Å². The molecule has 1 saturated carbocycles. The molecule has 0 amide bonds. The summed E-state index contributed by atoms with van der Waals surface area (Å²) in [6, 6.07) is 3.72. The lowest BCUT2D eigenvalue weighted by atomic mass is 9.71. The Morgan fingerprint density at radius 2 is 2.07 bits per heavy atom. The van der Waals surface area contributed by atoms with Gasteiger partial charge in [0.1, 0.15) is 5.75 Å². The highest BCUT2D eigenvalue weighted by atomic mass is 79.9. The van der Waals surface area contributed by atoms with E-state index in [0.29, 0.717) is 0 Å². The molecule has 2 nitrogen and oxygen atoms in total. The van der Waals surface area contributed by atoms with Crippen LogP contribution in [0, 0.1) is 6.92 Å². The first-order valence-corrected chi connectivity index (χ1v) is 5.61. The Morgan fingerprint density at radius 3 is 2.57 bits per heavy atom. The van der Waals surface area contributed by atoms with Gasteiger partial charge in [-0.05, 0) is 65.4 Å². The van der Waals surface area contributed by atoms with Gasteiger partial charge in [0.15, 0.2) is 0 Å². The average Bonchev–Trinajstić information content (AvgIpc) is 2.07. The standard InChI is InChI=1S/C11H14BrNO/c1-7-5-10(14)9(12)6-8(7)11(13)3-2-4-11/h5-6,14H,2-4,13H2,1H3. The molecular formula is C11H14BrNO. The van der Waals surface area contributed by atoms with Crippen molar-refractivity contribution in [3.05, 3.63) is 27.7 Å². The third-order valence-electron chi connectivity index (χ3n) is 3.08. The fraction of sp³-hybridized carbons (Fsp3) is 0.455. The molecule has 2 rings (SSSR count). The van der Waals surface area contributed by atoms with Crippen molar-refractivity contribution in [2.45, 2.75) is 31.7 Å². The predicted octanol–water partition coefficient (Wildman–Crippen LogP) is 2.80. The van der Waals surface area contributed by atoms with Crippen LogP contribution in [0.15, 0.2) is 16.6 Å². The molecule has 0 atom stereocenters. The lowest BCUT2D eigenvalue weighted by Crippen LogP contribution is -2.43. The molecule has 1 aliphatic rings. The number of aromatic hydroxyl groups is 1. The fourth-order valence-electron chi connectivity index (χ4n) is 2.03. The van der Waals surface area contributed by atoms with Crippen molar-refractivity contribution in [2.75, 3.05) is 0 Å². The molecule has 14 heavy (non-hydrogen) atoms. The number of hydrogen-bond acceptors (Lipinski definition) is 2. The molecule has 0 heterocycles. The molecule has 1 aliphatic carbocycles. The van der Waals surface area contributed by atoms with Gasteiger partial charge in [-0.2, -0.15) is 0 Å². The van der Waals surface area contributed by atoms with E-state index in [9.17, 15) is 5.11 Å². The Bertz CT molecular complexity index is 372. The van der Waals surface area contributed by atoms with Crippen LogP contribution in [-0.2, 0) is 5.54 Å². The van der Waals surface area contributed by atoms with Crippen LogP contribution in [0.4, 0.5) is 0 Å².